The number of hydrogen-bond donors (Lipinski definition) is 1. The van der Waals surface area contributed by atoms with Crippen molar-refractivity contribution < 1.29 is 9.18 Å². The molecule has 0 saturated carbocycles. The summed E-state index contributed by atoms with van der Waals surface area (Å²) < 4.78 is 13.0. The summed E-state index contributed by atoms with van der Waals surface area (Å²) >= 11 is 1.52. The lowest BCUT2D eigenvalue weighted by Gasteiger charge is -2.06. The van der Waals surface area contributed by atoms with E-state index in [1.54, 1.807) is 12.1 Å². The Bertz CT molecular complexity index is 867. The smallest absolute Gasteiger partial charge is 0.251 e. The lowest BCUT2D eigenvalue weighted by atomic mass is 10.1. The normalized spacial score (nSPS) is 10.7. The van der Waals surface area contributed by atoms with Crippen molar-refractivity contribution in [3.05, 3.63) is 76.0 Å². The second-order valence-corrected chi connectivity index (χ2v) is 6.89. The molecule has 1 N–H and O–H groups in total. The van der Waals surface area contributed by atoms with Crippen LogP contribution in [0.15, 0.2) is 47.8 Å². The number of amides is 1. The maximum Gasteiger partial charge on any atom is 0.251 e. The van der Waals surface area contributed by atoms with E-state index < -0.39 is 0 Å². The van der Waals surface area contributed by atoms with Gasteiger partial charge in [0.25, 0.3) is 5.91 Å². The minimum absolute atomic E-state index is 0.0687. The maximum atomic E-state index is 13.0. The van der Waals surface area contributed by atoms with Crippen LogP contribution in [-0.4, -0.2) is 17.4 Å². The monoisotopic (exact) mass is 354 g/mol. The van der Waals surface area contributed by atoms with E-state index in [4.69, 9.17) is 0 Å². The molecule has 128 valence electrons. The number of carbonyl (C=O) groups excluding carboxylic acids is 1. The van der Waals surface area contributed by atoms with E-state index in [0.717, 1.165) is 27.4 Å². The number of hydrogen-bond acceptors (Lipinski definition) is 3. The Kier molecular flexibility index (Phi) is 5.24. The lowest BCUT2D eigenvalue weighted by Crippen LogP contribution is -2.25. The molecule has 3 rings (SSSR count). The molecule has 1 heterocycles. The third-order valence-electron chi connectivity index (χ3n) is 3.79. The van der Waals surface area contributed by atoms with Crippen molar-refractivity contribution in [2.24, 2.45) is 0 Å². The first-order chi connectivity index (χ1) is 12.0. The summed E-state index contributed by atoms with van der Waals surface area (Å²) in [6.45, 7) is 4.49. The summed E-state index contributed by atoms with van der Waals surface area (Å²) in [6.07, 6.45) is 0.661. The summed E-state index contributed by atoms with van der Waals surface area (Å²) in [5.41, 5.74) is 4.66. The molecule has 3 nitrogen and oxygen atoms in total. The highest BCUT2D eigenvalue weighted by Gasteiger charge is 2.08. The van der Waals surface area contributed by atoms with Gasteiger partial charge in [0, 0.05) is 29.5 Å². The number of nitrogens with zero attached hydrogens (tertiary/aromatic N) is 1. The number of benzene rings is 2. The van der Waals surface area contributed by atoms with Gasteiger partial charge < -0.3 is 5.32 Å². The van der Waals surface area contributed by atoms with Crippen LogP contribution in [-0.2, 0) is 6.42 Å². The molecule has 0 radical (unpaired) electrons. The minimum atomic E-state index is -0.255. The Labute approximate surface area is 150 Å². The van der Waals surface area contributed by atoms with Gasteiger partial charge in [-0.15, -0.1) is 11.3 Å². The average Bonchev–Trinajstić information content (AvgIpc) is 3.03. The molecule has 5 heteroatoms. The molecular formula is C20H19FN2OS. The van der Waals surface area contributed by atoms with Crippen molar-refractivity contribution in [1.29, 1.82) is 0 Å². The van der Waals surface area contributed by atoms with E-state index in [-0.39, 0.29) is 11.7 Å². The quantitative estimate of drug-likeness (QED) is 0.731. The van der Waals surface area contributed by atoms with Crippen molar-refractivity contribution in [2.45, 2.75) is 20.3 Å². The van der Waals surface area contributed by atoms with Gasteiger partial charge in [-0.3, -0.25) is 4.79 Å². The second kappa shape index (κ2) is 7.57. The van der Waals surface area contributed by atoms with E-state index in [0.29, 0.717) is 18.5 Å². The summed E-state index contributed by atoms with van der Waals surface area (Å²) in [5, 5.41) is 5.77. The zero-order valence-electron chi connectivity index (χ0n) is 14.2. The number of rotatable bonds is 5. The van der Waals surface area contributed by atoms with Gasteiger partial charge in [-0.25, -0.2) is 9.37 Å². The number of thiazole rings is 1. The molecule has 0 aliphatic rings. The minimum Gasteiger partial charge on any atom is -0.352 e. The molecule has 0 bridgehead atoms. The molecule has 0 aliphatic carbocycles. The summed E-state index contributed by atoms with van der Waals surface area (Å²) in [6, 6.07) is 12.1. The maximum absolute atomic E-state index is 13.0. The van der Waals surface area contributed by atoms with Gasteiger partial charge in [-0.1, -0.05) is 17.2 Å². The van der Waals surface area contributed by atoms with Crippen LogP contribution in [0.3, 0.4) is 0 Å². The Morgan fingerprint density at radius 3 is 2.48 bits per heavy atom. The number of halogens is 1. The fourth-order valence-corrected chi connectivity index (χ4v) is 3.52. The van der Waals surface area contributed by atoms with Gasteiger partial charge in [0.05, 0.1) is 5.69 Å². The van der Waals surface area contributed by atoms with Gasteiger partial charge in [0.1, 0.15) is 10.8 Å². The van der Waals surface area contributed by atoms with Gasteiger partial charge in [-0.2, -0.15) is 0 Å². The van der Waals surface area contributed by atoms with Gasteiger partial charge in [0.2, 0.25) is 0 Å². The molecule has 0 fully saturated rings. The molecule has 0 saturated heterocycles. The fourth-order valence-electron chi connectivity index (χ4n) is 2.66. The van der Waals surface area contributed by atoms with Crippen LogP contribution >= 0.6 is 11.3 Å². The molecule has 1 aromatic heterocycles. The largest absolute Gasteiger partial charge is 0.352 e. The van der Waals surface area contributed by atoms with Crippen LogP contribution in [0.2, 0.25) is 0 Å². The number of aromatic nitrogens is 1. The van der Waals surface area contributed by atoms with Crippen LogP contribution in [0.4, 0.5) is 4.39 Å². The van der Waals surface area contributed by atoms with E-state index >= 15 is 0 Å². The first-order valence-corrected chi connectivity index (χ1v) is 8.96. The van der Waals surface area contributed by atoms with Gasteiger partial charge in [0.15, 0.2) is 0 Å². The van der Waals surface area contributed by atoms with Crippen LogP contribution in [0.5, 0.6) is 0 Å². The molecule has 0 unspecified atom stereocenters. The average molecular weight is 354 g/mol. The Morgan fingerprint density at radius 2 is 1.80 bits per heavy atom. The van der Waals surface area contributed by atoms with Gasteiger partial charge in [-0.05, 0) is 50.2 Å². The SMILES string of the molecule is Cc1cc(C)cc(C(=O)NCCc2csc(-c3ccc(F)cc3)n2)c1. The van der Waals surface area contributed by atoms with E-state index in [2.05, 4.69) is 10.3 Å². The van der Waals surface area contributed by atoms with Gasteiger partial charge >= 0.3 is 0 Å². The van der Waals surface area contributed by atoms with Crippen molar-refractivity contribution in [3.8, 4) is 10.6 Å². The standard InChI is InChI=1S/C20H19FN2OS/c1-13-9-14(2)11-16(10-13)19(24)22-8-7-18-12-25-20(23-18)15-3-5-17(21)6-4-15/h3-6,9-12H,7-8H2,1-2H3,(H,22,24). The summed E-state index contributed by atoms with van der Waals surface area (Å²) in [5.74, 6) is -0.324. The van der Waals surface area contributed by atoms with Crippen molar-refractivity contribution in [2.75, 3.05) is 6.54 Å². The van der Waals surface area contributed by atoms with Crippen molar-refractivity contribution in [3.63, 3.8) is 0 Å². The summed E-state index contributed by atoms with van der Waals surface area (Å²) in [7, 11) is 0. The molecular weight excluding hydrogens is 335 g/mol. The Morgan fingerprint density at radius 1 is 1.12 bits per heavy atom. The molecule has 0 atom stereocenters. The van der Waals surface area contributed by atoms with Crippen LogP contribution in [0, 0.1) is 19.7 Å². The predicted molar refractivity (Wildman–Crippen MR) is 99.5 cm³/mol. The summed E-state index contributed by atoms with van der Waals surface area (Å²) in [4.78, 5) is 16.8. The van der Waals surface area contributed by atoms with Crippen molar-refractivity contribution in [1.82, 2.24) is 10.3 Å². The highest BCUT2D eigenvalue weighted by atomic mass is 32.1. The van der Waals surface area contributed by atoms with Crippen LogP contribution < -0.4 is 5.32 Å². The molecule has 2 aromatic carbocycles. The predicted octanol–water partition coefficient (Wildman–Crippen LogP) is 4.54. The zero-order valence-corrected chi connectivity index (χ0v) is 15.0. The third-order valence-corrected chi connectivity index (χ3v) is 4.73. The topological polar surface area (TPSA) is 42.0 Å². The number of nitrogens with one attached hydrogen (secondary N) is 1. The van der Waals surface area contributed by atoms with E-state index in [1.807, 2.05) is 37.4 Å². The van der Waals surface area contributed by atoms with Crippen LogP contribution in [0.25, 0.3) is 10.6 Å². The molecule has 0 spiro atoms. The van der Waals surface area contributed by atoms with Crippen molar-refractivity contribution >= 4 is 17.2 Å². The van der Waals surface area contributed by atoms with Crippen LogP contribution in [0.1, 0.15) is 27.2 Å². The molecule has 0 aliphatic heterocycles. The molecule has 25 heavy (non-hydrogen) atoms. The van der Waals surface area contributed by atoms with E-state index in [9.17, 15) is 9.18 Å². The first-order valence-electron chi connectivity index (χ1n) is 8.08. The Hall–Kier alpha value is -2.53. The first kappa shape index (κ1) is 17.3. The second-order valence-electron chi connectivity index (χ2n) is 6.03. The third kappa shape index (κ3) is 4.51. The fraction of sp³-hybridized carbons (Fsp3) is 0.200. The lowest BCUT2D eigenvalue weighted by molar-refractivity contribution is 0.0954. The Balaban J connectivity index is 1.57. The molecule has 3 aromatic rings. The zero-order chi connectivity index (χ0) is 17.8. The molecule has 1 amide bonds. The number of carbonyl (C=O) groups is 1. The van der Waals surface area contributed by atoms with E-state index in [1.165, 1.54) is 23.5 Å². The number of aryl methyl sites for hydroxylation is 2. The highest BCUT2D eigenvalue weighted by molar-refractivity contribution is 7.13. The highest BCUT2D eigenvalue weighted by Crippen LogP contribution is 2.24.